The number of anilines is 3. The number of carbonyl (C=O) groups excluding carboxylic acids is 1. The average molecular weight is 531 g/mol. The fourth-order valence-electron chi connectivity index (χ4n) is 6.68. The molecule has 1 aromatic carbocycles. The van der Waals surface area contributed by atoms with Gasteiger partial charge in [0.05, 0.1) is 17.7 Å². The molecular formula is C27H36ClFN6O2. The zero-order valence-corrected chi connectivity index (χ0v) is 22.4. The second kappa shape index (κ2) is 9.91. The van der Waals surface area contributed by atoms with Crippen LogP contribution >= 0.6 is 11.6 Å². The van der Waals surface area contributed by atoms with Gasteiger partial charge >= 0.3 is 0 Å². The van der Waals surface area contributed by atoms with Crippen molar-refractivity contribution in [2.24, 2.45) is 28.9 Å². The molecular weight excluding hydrogens is 495 g/mol. The molecule has 4 aliphatic rings. The molecule has 0 unspecified atom stereocenters. The van der Waals surface area contributed by atoms with Crippen molar-refractivity contribution < 1.29 is 13.9 Å². The summed E-state index contributed by atoms with van der Waals surface area (Å²) in [4.78, 5) is 23.5. The summed E-state index contributed by atoms with van der Waals surface area (Å²) >= 11 is 6.47. The Labute approximate surface area is 222 Å². The monoisotopic (exact) mass is 530 g/mol. The van der Waals surface area contributed by atoms with Crippen LogP contribution in [0, 0.1) is 29.0 Å². The molecule has 0 spiro atoms. The van der Waals surface area contributed by atoms with Crippen molar-refractivity contribution in [2.45, 2.75) is 52.0 Å². The average Bonchev–Trinajstić information content (AvgIpc) is 3.35. The van der Waals surface area contributed by atoms with Gasteiger partial charge < -0.3 is 21.1 Å². The fourth-order valence-corrected chi connectivity index (χ4v) is 6.82. The van der Waals surface area contributed by atoms with E-state index in [1.54, 1.807) is 12.1 Å². The van der Waals surface area contributed by atoms with Gasteiger partial charge in [-0.1, -0.05) is 25.4 Å². The van der Waals surface area contributed by atoms with Crippen LogP contribution in [0.2, 0.25) is 5.02 Å². The van der Waals surface area contributed by atoms with Crippen LogP contribution in [0.3, 0.4) is 0 Å². The smallest absolute Gasteiger partial charge is 0.229 e. The number of hydrogen-bond donors (Lipinski definition) is 3. The molecule has 4 N–H and O–H groups in total. The number of hydrogen-bond acceptors (Lipinski definition) is 7. The summed E-state index contributed by atoms with van der Waals surface area (Å²) in [6, 6.07) is 4.69. The van der Waals surface area contributed by atoms with Crippen LogP contribution in [-0.2, 0) is 4.79 Å². The summed E-state index contributed by atoms with van der Waals surface area (Å²) < 4.78 is 20.4. The Balaban J connectivity index is 1.28. The van der Waals surface area contributed by atoms with Gasteiger partial charge in [-0.15, -0.1) is 0 Å². The Morgan fingerprint density at radius 2 is 2.03 bits per heavy atom. The second-order valence-corrected chi connectivity index (χ2v) is 11.9. The third-order valence-corrected chi connectivity index (χ3v) is 9.24. The number of nitrogens with two attached hydrogens (primary N) is 1. The number of nitrogens with zero attached hydrogens (tertiary/aromatic N) is 3. The Morgan fingerprint density at radius 3 is 2.70 bits per heavy atom. The highest BCUT2D eigenvalue weighted by Crippen LogP contribution is 2.65. The van der Waals surface area contributed by atoms with E-state index in [9.17, 15) is 9.18 Å². The summed E-state index contributed by atoms with van der Waals surface area (Å²) in [6.45, 7) is 9.91. The molecule has 10 heteroatoms. The van der Waals surface area contributed by atoms with E-state index in [2.05, 4.69) is 39.3 Å². The van der Waals surface area contributed by atoms with Gasteiger partial charge in [0.2, 0.25) is 11.9 Å². The lowest BCUT2D eigenvalue weighted by Gasteiger charge is -2.66. The van der Waals surface area contributed by atoms with Crippen molar-refractivity contribution in [3.8, 4) is 5.75 Å². The zero-order chi connectivity index (χ0) is 26.4. The third kappa shape index (κ3) is 4.95. The van der Waals surface area contributed by atoms with Crippen molar-refractivity contribution in [1.29, 1.82) is 0 Å². The second-order valence-electron chi connectivity index (χ2n) is 11.5. The van der Waals surface area contributed by atoms with Gasteiger partial charge in [-0.05, 0) is 75.1 Å². The lowest BCUT2D eigenvalue weighted by molar-refractivity contribution is -0.153. The molecule has 0 radical (unpaired) electrons. The molecule has 3 saturated carbocycles. The number of amides is 1. The van der Waals surface area contributed by atoms with Crippen LogP contribution in [-0.4, -0.2) is 52.6 Å². The van der Waals surface area contributed by atoms with E-state index in [1.165, 1.54) is 25.1 Å². The standard InChI is InChI=1S/C27H36ClFN6O2/c1-26(2)16-12-18(23(30)36)27(3,22(26)13-16)34-24-19(28)15-31-25(33-24)32-17-6-7-21(20(29)14-17)37-11-10-35-8-4-5-9-35/h6-7,14-16,18,22H,4-5,8-13H2,1-3H3,(H2,30,36)(H2,31,32,33,34)/t16-,18+,22+,27-/m0/s1. The maximum Gasteiger partial charge on any atom is 0.229 e. The molecule has 1 aliphatic heterocycles. The number of primary amides is 1. The summed E-state index contributed by atoms with van der Waals surface area (Å²) in [6.07, 6.45) is 5.68. The van der Waals surface area contributed by atoms with E-state index in [4.69, 9.17) is 22.1 Å². The van der Waals surface area contributed by atoms with Crippen LogP contribution in [0.15, 0.2) is 24.4 Å². The van der Waals surface area contributed by atoms with Crippen LogP contribution < -0.4 is 21.1 Å². The Hall–Kier alpha value is -2.65. The van der Waals surface area contributed by atoms with E-state index in [0.717, 1.165) is 32.5 Å². The highest BCUT2D eigenvalue weighted by Gasteiger charge is 2.64. The first-order valence-corrected chi connectivity index (χ1v) is 13.5. The molecule has 1 aromatic heterocycles. The van der Waals surface area contributed by atoms with Gasteiger partial charge in [0.1, 0.15) is 11.6 Å². The molecule has 2 bridgehead atoms. The minimum absolute atomic E-state index is 0.0874. The van der Waals surface area contributed by atoms with Crippen molar-refractivity contribution >= 4 is 35.0 Å². The Kier molecular flexibility index (Phi) is 6.96. The maximum atomic E-state index is 14.7. The number of aromatic nitrogens is 2. The van der Waals surface area contributed by atoms with Gasteiger partial charge in [0.15, 0.2) is 17.4 Å². The van der Waals surface area contributed by atoms with Crippen molar-refractivity contribution in [2.75, 3.05) is 36.9 Å². The molecule has 4 atom stereocenters. The normalized spacial score (nSPS) is 28.4. The predicted octanol–water partition coefficient (Wildman–Crippen LogP) is 4.83. The molecule has 1 saturated heterocycles. The molecule has 2 heterocycles. The number of rotatable bonds is 9. The van der Waals surface area contributed by atoms with Crippen LogP contribution in [0.5, 0.6) is 5.75 Å². The molecule has 2 aromatic rings. The van der Waals surface area contributed by atoms with E-state index in [0.29, 0.717) is 29.1 Å². The summed E-state index contributed by atoms with van der Waals surface area (Å²) in [5.41, 5.74) is 5.80. The SMILES string of the molecule is CC1(C)[C@H]2C[C@H](C(N)=O)[C@](C)(Nc3nc(Nc4ccc(OCCN5CCCC5)c(F)c4)ncc3Cl)[C@@H]1C2. The minimum Gasteiger partial charge on any atom is -0.489 e. The highest BCUT2D eigenvalue weighted by molar-refractivity contribution is 6.32. The number of benzene rings is 1. The molecule has 1 amide bonds. The first-order valence-electron chi connectivity index (χ1n) is 13.1. The highest BCUT2D eigenvalue weighted by atomic mass is 35.5. The van der Waals surface area contributed by atoms with E-state index < -0.39 is 11.4 Å². The quantitative estimate of drug-likeness (QED) is 0.426. The largest absolute Gasteiger partial charge is 0.489 e. The summed E-state index contributed by atoms with van der Waals surface area (Å²) in [5.74, 6) is 0.496. The van der Waals surface area contributed by atoms with Crippen molar-refractivity contribution in [3.05, 3.63) is 35.2 Å². The Bertz CT molecular complexity index is 1170. The molecule has 6 rings (SSSR count). The van der Waals surface area contributed by atoms with E-state index in [1.807, 2.05) is 6.92 Å². The van der Waals surface area contributed by atoms with Gasteiger partial charge in [0.25, 0.3) is 0 Å². The van der Waals surface area contributed by atoms with Gasteiger partial charge in [-0.25, -0.2) is 9.37 Å². The fraction of sp³-hybridized carbons (Fsp3) is 0.593. The third-order valence-electron chi connectivity index (χ3n) is 8.97. The Morgan fingerprint density at radius 1 is 1.27 bits per heavy atom. The van der Waals surface area contributed by atoms with Crippen LogP contribution in [0.25, 0.3) is 0 Å². The first-order chi connectivity index (χ1) is 17.6. The van der Waals surface area contributed by atoms with Gasteiger partial charge in [-0.2, -0.15) is 4.98 Å². The molecule has 200 valence electrons. The maximum absolute atomic E-state index is 14.7. The molecule has 4 fully saturated rings. The first kappa shape index (κ1) is 26.0. The number of fused-ring (bicyclic) bond motifs is 2. The lowest BCUT2D eigenvalue weighted by atomic mass is 9.40. The number of likely N-dealkylation sites (tertiary alicyclic amines) is 1. The lowest BCUT2D eigenvalue weighted by Crippen LogP contribution is -2.69. The van der Waals surface area contributed by atoms with Gasteiger partial charge in [0, 0.05) is 18.3 Å². The van der Waals surface area contributed by atoms with Gasteiger partial charge in [-0.3, -0.25) is 9.69 Å². The van der Waals surface area contributed by atoms with Crippen LogP contribution in [0.1, 0.15) is 46.5 Å². The van der Waals surface area contributed by atoms with Crippen molar-refractivity contribution in [1.82, 2.24) is 14.9 Å². The van der Waals surface area contributed by atoms with Crippen molar-refractivity contribution in [3.63, 3.8) is 0 Å². The zero-order valence-electron chi connectivity index (χ0n) is 21.7. The minimum atomic E-state index is -0.598. The number of halogens is 2. The topological polar surface area (TPSA) is 105 Å². The molecule has 37 heavy (non-hydrogen) atoms. The number of carbonyl (C=O) groups is 1. The number of nitrogens with one attached hydrogen (secondary N) is 2. The summed E-state index contributed by atoms with van der Waals surface area (Å²) in [5, 5.41) is 6.85. The van der Waals surface area contributed by atoms with E-state index in [-0.39, 0.29) is 34.9 Å². The molecule has 8 nitrogen and oxygen atoms in total. The van der Waals surface area contributed by atoms with Crippen LogP contribution in [0.4, 0.5) is 21.8 Å². The molecule has 3 aliphatic carbocycles. The predicted molar refractivity (Wildman–Crippen MR) is 143 cm³/mol. The summed E-state index contributed by atoms with van der Waals surface area (Å²) in [7, 11) is 0. The van der Waals surface area contributed by atoms with E-state index >= 15 is 0 Å². The number of ether oxygens (including phenoxy) is 1.